The van der Waals surface area contributed by atoms with Gasteiger partial charge in [0.25, 0.3) is 5.91 Å². The van der Waals surface area contributed by atoms with Gasteiger partial charge in [-0.3, -0.25) is 9.59 Å². The topological polar surface area (TPSA) is 96.4 Å². The van der Waals surface area contributed by atoms with Crippen LogP contribution in [0.1, 0.15) is 22.2 Å². The SMILES string of the molecule is COCC(C)Nc1ncnc2sc(C(=O)N3CCNC(=O)C3)c(C)c12. The van der Waals surface area contributed by atoms with Gasteiger partial charge in [0.15, 0.2) is 0 Å². The number of anilines is 1. The van der Waals surface area contributed by atoms with E-state index in [1.54, 1.807) is 12.0 Å². The fraction of sp³-hybridized carbons (Fsp3) is 0.500. The van der Waals surface area contributed by atoms with Crippen molar-refractivity contribution in [3.63, 3.8) is 0 Å². The molecule has 1 fully saturated rings. The van der Waals surface area contributed by atoms with E-state index in [0.29, 0.717) is 30.4 Å². The van der Waals surface area contributed by atoms with Crippen LogP contribution in [0.15, 0.2) is 6.33 Å². The maximum Gasteiger partial charge on any atom is 0.264 e. The van der Waals surface area contributed by atoms with E-state index in [9.17, 15) is 9.59 Å². The summed E-state index contributed by atoms with van der Waals surface area (Å²) >= 11 is 1.34. The number of aromatic nitrogens is 2. The molecule has 3 rings (SSSR count). The van der Waals surface area contributed by atoms with Crippen LogP contribution in [0.2, 0.25) is 0 Å². The first kappa shape index (κ1) is 17.6. The summed E-state index contributed by atoms with van der Waals surface area (Å²) < 4.78 is 5.15. The molecule has 1 unspecified atom stereocenters. The number of nitrogens with one attached hydrogen (secondary N) is 2. The highest BCUT2D eigenvalue weighted by molar-refractivity contribution is 7.20. The summed E-state index contributed by atoms with van der Waals surface area (Å²) in [7, 11) is 1.65. The van der Waals surface area contributed by atoms with Crippen LogP contribution in [0, 0.1) is 6.92 Å². The summed E-state index contributed by atoms with van der Waals surface area (Å²) in [4.78, 5) is 36.0. The predicted molar refractivity (Wildman–Crippen MR) is 96.0 cm³/mol. The Morgan fingerprint density at radius 2 is 2.32 bits per heavy atom. The molecule has 25 heavy (non-hydrogen) atoms. The number of carbonyl (C=O) groups excluding carboxylic acids is 2. The molecule has 8 nitrogen and oxygen atoms in total. The van der Waals surface area contributed by atoms with E-state index in [1.165, 1.54) is 17.7 Å². The van der Waals surface area contributed by atoms with Crippen molar-refractivity contribution in [2.75, 3.05) is 38.7 Å². The average molecular weight is 363 g/mol. The number of hydrogen-bond acceptors (Lipinski definition) is 7. The summed E-state index contributed by atoms with van der Waals surface area (Å²) in [6, 6.07) is 0.0762. The minimum Gasteiger partial charge on any atom is -0.383 e. The van der Waals surface area contributed by atoms with Crippen LogP contribution < -0.4 is 10.6 Å². The van der Waals surface area contributed by atoms with Crippen molar-refractivity contribution < 1.29 is 14.3 Å². The largest absolute Gasteiger partial charge is 0.383 e. The van der Waals surface area contributed by atoms with Gasteiger partial charge in [-0.15, -0.1) is 11.3 Å². The molecule has 0 aliphatic carbocycles. The Hall–Kier alpha value is -2.26. The predicted octanol–water partition coefficient (Wildman–Crippen LogP) is 1.02. The van der Waals surface area contributed by atoms with Crippen molar-refractivity contribution in [2.24, 2.45) is 0 Å². The Balaban J connectivity index is 1.94. The van der Waals surface area contributed by atoms with Crippen LogP contribution in [0.25, 0.3) is 10.2 Å². The van der Waals surface area contributed by atoms with Crippen LogP contribution in [-0.4, -0.2) is 66.1 Å². The maximum atomic E-state index is 12.8. The Morgan fingerprint density at radius 3 is 3.04 bits per heavy atom. The molecule has 0 radical (unpaired) electrons. The van der Waals surface area contributed by atoms with Crippen LogP contribution >= 0.6 is 11.3 Å². The highest BCUT2D eigenvalue weighted by Gasteiger charge is 2.27. The number of piperazine rings is 1. The van der Waals surface area contributed by atoms with Gasteiger partial charge in [0.05, 0.1) is 23.4 Å². The Morgan fingerprint density at radius 1 is 1.52 bits per heavy atom. The monoisotopic (exact) mass is 363 g/mol. The summed E-state index contributed by atoms with van der Waals surface area (Å²) in [5.74, 6) is 0.430. The number of carbonyl (C=O) groups is 2. The quantitative estimate of drug-likeness (QED) is 0.823. The summed E-state index contributed by atoms with van der Waals surface area (Å²) in [6.07, 6.45) is 1.49. The highest BCUT2D eigenvalue weighted by Crippen LogP contribution is 2.34. The normalized spacial score (nSPS) is 16.0. The number of ether oxygens (including phenoxy) is 1. The van der Waals surface area contributed by atoms with Crippen LogP contribution in [0.5, 0.6) is 0 Å². The molecule has 1 atom stereocenters. The number of fused-ring (bicyclic) bond motifs is 1. The summed E-state index contributed by atoms with van der Waals surface area (Å²) in [5, 5.41) is 6.88. The van der Waals surface area contributed by atoms with Crippen molar-refractivity contribution in [2.45, 2.75) is 19.9 Å². The lowest BCUT2D eigenvalue weighted by Gasteiger charge is -2.26. The molecule has 0 bridgehead atoms. The average Bonchev–Trinajstić information content (AvgIpc) is 2.92. The molecule has 134 valence electrons. The van der Waals surface area contributed by atoms with Gasteiger partial charge in [-0.2, -0.15) is 0 Å². The van der Waals surface area contributed by atoms with E-state index in [1.807, 2.05) is 13.8 Å². The number of thiophene rings is 1. The van der Waals surface area contributed by atoms with Gasteiger partial charge in [0, 0.05) is 26.2 Å². The van der Waals surface area contributed by atoms with E-state index in [-0.39, 0.29) is 24.4 Å². The smallest absolute Gasteiger partial charge is 0.264 e. The molecule has 1 aliphatic heterocycles. The third-order valence-corrected chi connectivity index (χ3v) is 5.23. The van der Waals surface area contributed by atoms with E-state index < -0.39 is 0 Å². The number of amides is 2. The van der Waals surface area contributed by atoms with Crippen molar-refractivity contribution in [1.82, 2.24) is 20.2 Å². The molecule has 2 aromatic rings. The fourth-order valence-electron chi connectivity index (χ4n) is 2.87. The molecule has 2 N–H and O–H groups in total. The molecule has 3 heterocycles. The van der Waals surface area contributed by atoms with Crippen LogP contribution in [0.3, 0.4) is 0 Å². The summed E-state index contributed by atoms with van der Waals surface area (Å²) in [6.45, 7) is 5.52. The van der Waals surface area contributed by atoms with Crippen LogP contribution in [0.4, 0.5) is 5.82 Å². The number of hydrogen-bond donors (Lipinski definition) is 2. The Kier molecular flexibility index (Phi) is 5.14. The third-order valence-electron chi connectivity index (χ3n) is 4.05. The number of rotatable bonds is 5. The van der Waals surface area contributed by atoms with E-state index >= 15 is 0 Å². The second-order valence-electron chi connectivity index (χ2n) is 6.04. The fourth-order valence-corrected chi connectivity index (χ4v) is 3.98. The molecule has 2 amide bonds. The standard InChI is InChI=1S/C16H21N5O3S/c1-9(7-24-3)20-14-12-10(2)13(25-15(12)19-8-18-14)16(23)21-5-4-17-11(22)6-21/h8-9H,4-7H2,1-3H3,(H,17,22)(H,18,19,20). The minimum absolute atomic E-state index is 0.0762. The molecule has 1 aliphatic rings. The van der Waals surface area contributed by atoms with Crippen molar-refractivity contribution in [3.8, 4) is 0 Å². The molecule has 0 spiro atoms. The van der Waals surface area contributed by atoms with Gasteiger partial charge in [-0.25, -0.2) is 9.97 Å². The molecule has 1 saturated heterocycles. The lowest BCUT2D eigenvalue weighted by molar-refractivity contribution is -0.123. The van der Waals surface area contributed by atoms with E-state index in [0.717, 1.165) is 15.8 Å². The first-order valence-corrected chi connectivity index (χ1v) is 8.88. The molecule has 0 saturated carbocycles. The molecular weight excluding hydrogens is 342 g/mol. The molecule has 0 aromatic carbocycles. The Labute approximate surface area is 149 Å². The van der Waals surface area contributed by atoms with Gasteiger partial charge in [0.2, 0.25) is 5.91 Å². The van der Waals surface area contributed by atoms with Crippen molar-refractivity contribution in [3.05, 3.63) is 16.8 Å². The number of methoxy groups -OCH3 is 1. The molecule has 2 aromatic heterocycles. The van der Waals surface area contributed by atoms with Gasteiger partial charge < -0.3 is 20.3 Å². The third kappa shape index (κ3) is 3.57. The van der Waals surface area contributed by atoms with Gasteiger partial charge in [0.1, 0.15) is 17.0 Å². The number of nitrogens with zero attached hydrogens (tertiary/aromatic N) is 3. The lowest BCUT2D eigenvalue weighted by atomic mass is 10.1. The van der Waals surface area contributed by atoms with Gasteiger partial charge in [-0.05, 0) is 19.4 Å². The zero-order valence-electron chi connectivity index (χ0n) is 14.5. The minimum atomic E-state index is -0.133. The lowest BCUT2D eigenvalue weighted by Crippen LogP contribution is -2.49. The second-order valence-corrected chi connectivity index (χ2v) is 7.04. The first-order chi connectivity index (χ1) is 12.0. The highest BCUT2D eigenvalue weighted by atomic mass is 32.1. The zero-order valence-corrected chi connectivity index (χ0v) is 15.3. The maximum absolute atomic E-state index is 12.8. The Bertz CT molecular complexity index is 806. The molecular formula is C16H21N5O3S. The summed E-state index contributed by atoms with van der Waals surface area (Å²) in [5.41, 5.74) is 0.837. The van der Waals surface area contributed by atoms with Crippen LogP contribution in [-0.2, 0) is 9.53 Å². The first-order valence-electron chi connectivity index (χ1n) is 8.06. The zero-order chi connectivity index (χ0) is 18.0. The van der Waals surface area contributed by atoms with Gasteiger partial charge in [-0.1, -0.05) is 0 Å². The van der Waals surface area contributed by atoms with E-state index in [2.05, 4.69) is 20.6 Å². The number of aryl methyl sites for hydroxylation is 1. The molecule has 9 heteroatoms. The van der Waals surface area contributed by atoms with Crippen molar-refractivity contribution >= 4 is 39.2 Å². The second kappa shape index (κ2) is 7.32. The van der Waals surface area contributed by atoms with Crippen molar-refractivity contribution in [1.29, 1.82) is 0 Å². The van der Waals surface area contributed by atoms with E-state index in [4.69, 9.17) is 4.74 Å². The van der Waals surface area contributed by atoms with Gasteiger partial charge >= 0.3 is 0 Å².